The quantitative estimate of drug-likeness (QED) is 0.162. The summed E-state index contributed by atoms with van der Waals surface area (Å²) in [7, 11) is 0. The molecule has 0 radical (unpaired) electrons. The minimum absolute atomic E-state index is 0.0452. The molecule has 0 bridgehead atoms. The van der Waals surface area contributed by atoms with E-state index in [2.05, 4.69) is 6.92 Å². The fourth-order valence-electron chi connectivity index (χ4n) is 12.8. The number of aliphatic hydroxyl groups is 6. The Morgan fingerprint density at radius 3 is 1.87 bits per heavy atom. The molecule has 4 heterocycles. The van der Waals surface area contributed by atoms with E-state index in [1.54, 1.807) is 19.9 Å². The highest BCUT2D eigenvalue weighted by Crippen LogP contribution is 2.70. The van der Waals surface area contributed by atoms with Crippen LogP contribution in [0.5, 0.6) is 0 Å². The lowest BCUT2D eigenvalue weighted by Gasteiger charge is -2.65. The second-order valence-corrected chi connectivity index (χ2v) is 18.8. The molecule has 21 atom stereocenters. The molecule has 0 aromatic rings. The molecule has 8 rings (SSSR count). The minimum Gasteiger partial charge on any atom is -0.458 e. The Kier molecular flexibility index (Phi) is 11.1. The number of fused-ring (bicyclic) bond motifs is 5. The van der Waals surface area contributed by atoms with Crippen LogP contribution >= 0.6 is 0 Å². The Morgan fingerprint density at radius 1 is 0.691 bits per heavy atom. The summed E-state index contributed by atoms with van der Waals surface area (Å²) in [6.07, 6.45) is -1.51. The predicted molar refractivity (Wildman–Crippen MR) is 193 cm³/mol. The molecule has 55 heavy (non-hydrogen) atoms. The van der Waals surface area contributed by atoms with Crippen LogP contribution in [-0.2, 0) is 38.0 Å². The van der Waals surface area contributed by atoms with E-state index in [0.717, 1.165) is 44.1 Å². The molecule has 0 amide bonds. The molecule has 3 saturated heterocycles. The van der Waals surface area contributed by atoms with Crippen LogP contribution in [0.2, 0.25) is 0 Å². The summed E-state index contributed by atoms with van der Waals surface area (Å²) in [5.41, 5.74) is -0.892. The molecule has 8 aliphatic rings. The largest absolute Gasteiger partial charge is 0.458 e. The summed E-state index contributed by atoms with van der Waals surface area (Å²) in [6.45, 7) is 9.90. The fraction of sp³-hybridized carbons (Fsp3) is 0.927. The van der Waals surface area contributed by atoms with Crippen LogP contribution in [0.3, 0.4) is 0 Å². The van der Waals surface area contributed by atoms with Crippen molar-refractivity contribution in [1.29, 1.82) is 0 Å². The van der Waals surface area contributed by atoms with Crippen molar-refractivity contribution < 1.29 is 68.6 Å². The van der Waals surface area contributed by atoms with Gasteiger partial charge in [0.1, 0.15) is 24.9 Å². The van der Waals surface area contributed by atoms with Crippen molar-refractivity contribution in [1.82, 2.24) is 0 Å². The first kappa shape index (κ1) is 40.5. The summed E-state index contributed by atoms with van der Waals surface area (Å²) in [4.78, 5) is 11.9. The number of ether oxygens (including phenoxy) is 7. The Labute approximate surface area is 323 Å². The lowest BCUT2D eigenvalue weighted by molar-refractivity contribution is -0.336. The van der Waals surface area contributed by atoms with Crippen LogP contribution < -0.4 is 0 Å². The summed E-state index contributed by atoms with van der Waals surface area (Å²) < 4.78 is 42.1. The van der Waals surface area contributed by atoms with Gasteiger partial charge in [-0.1, -0.05) is 13.8 Å². The molecule has 0 spiro atoms. The Balaban J connectivity index is 0.837. The number of carbonyl (C=O) groups is 1. The summed E-state index contributed by atoms with van der Waals surface area (Å²) in [5, 5.41) is 66.9. The molecular weight excluding hydrogens is 716 g/mol. The highest BCUT2D eigenvalue weighted by atomic mass is 16.7. The van der Waals surface area contributed by atoms with Gasteiger partial charge in [-0.2, -0.15) is 0 Å². The van der Waals surface area contributed by atoms with Crippen LogP contribution in [0.25, 0.3) is 0 Å². The van der Waals surface area contributed by atoms with Crippen molar-refractivity contribution in [3.05, 3.63) is 11.6 Å². The molecule has 4 saturated carbocycles. The van der Waals surface area contributed by atoms with Crippen molar-refractivity contribution >= 4 is 5.97 Å². The number of hydrogen-bond acceptors (Lipinski definition) is 14. The third kappa shape index (κ3) is 6.95. The van der Waals surface area contributed by atoms with Gasteiger partial charge >= 0.3 is 5.97 Å². The van der Waals surface area contributed by atoms with Gasteiger partial charge < -0.3 is 63.8 Å². The van der Waals surface area contributed by atoms with Gasteiger partial charge in [-0.3, -0.25) is 0 Å². The van der Waals surface area contributed by atoms with Crippen LogP contribution in [0, 0.1) is 34.5 Å². The summed E-state index contributed by atoms with van der Waals surface area (Å²) in [5.74, 6) is 0.204. The van der Waals surface area contributed by atoms with E-state index in [0.29, 0.717) is 18.8 Å². The van der Waals surface area contributed by atoms with E-state index < -0.39 is 90.9 Å². The van der Waals surface area contributed by atoms with Crippen LogP contribution in [-0.4, -0.2) is 135 Å². The normalized spacial score (nSPS) is 55.5. The van der Waals surface area contributed by atoms with Crippen LogP contribution in [0.1, 0.15) is 105 Å². The molecular formula is C41H64O14. The van der Waals surface area contributed by atoms with Gasteiger partial charge in [0.15, 0.2) is 18.9 Å². The van der Waals surface area contributed by atoms with E-state index in [1.165, 1.54) is 0 Å². The Morgan fingerprint density at radius 2 is 1.29 bits per heavy atom. The highest BCUT2D eigenvalue weighted by Gasteiger charge is 2.71. The van der Waals surface area contributed by atoms with E-state index in [-0.39, 0.29) is 61.1 Å². The minimum atomic E-state index is -1.01. The van der Waals surface area contributed by atoms with Crippen molar-refractivity contribution in [2.75, 3.05) is 6.61 Å². The highest BCUT2D eigenvalue weighted by molar-refractivity contribution is 5.85. The predicted octanol–water partition coefficient (Wildman–Crippen LogP) is 2.22. The first-order chi connectivity index (χ1) is 26.0. The molecule has 0 aromatic carbocycles. The first-order valence-electron chi connectivity index (χ1n) is 20.9. The second kappa shape index (κ2) is 15.1. The van der Waals surface area contributed by atoms with Crippen molar-refractivity contribution in [2.45, 2.75) is 197 Å². The zero-order chi connectivity index (χ0) is 39.2. The van der Waals surface area contributed by atoms with Gasteiger partial charge in [0.05, 0.1) is 54.4 Å². The van der Waals surface area contributed by atoms with Crippen LogP contribution in [0.15, 0.2) is 11.6 Å². The molecule has 14 heteroatoms. The molecule has 4 aliphatic heterocycles. The number of rotatable bonds is 7. The average Bonchev–Trinajstić information content (AvgIpc) is 3.67. The molecule has 312 valence electrons. The number of esters is 1. The van der Waals surface area contributed by atoms with Gasteiger partial charge in [-0.05, 0) is 107 Å². The smallest absolute Gasteiger partial charge is 0.331 e. The van der Waals surface area contributed by atoms with Gasteiger partial charge in [-0.15, -0.1) is 0 Å². The Hall–Kier alpha value is -1.27. The van der Waals surface area contributed by atoms with E-state index in [9.17, 15) is 35.4 Å². The zero-order valence-corrected chi connectivity index (χ0v) is 32.9. The van der Waals surface area contributed by atoms with E-state index in [1.807, 2.05) is 13.8 Å². The summed E-state index contributed by atoms with van der Waals surface area (Å²) >= 11 is 0. The van der Waals surface area contributed by atoms with Gasteiger partial charge in [0.2, 0.25) is 0 Å². The number of carbonyl (C=O) groups excluding carboxylic acids is 1. The number of hydrogen-bond donors (Lipinski definition) is 6. The SMILES string of the molecule is CC1OC(OC2C(O)CC(OC3C(O)CC(O[C@H]4CC[C@@]5(C)[C@H](CC[C@@H]6[C@@H]5C[C@@H](O)[C@]5(C)[C@@H](C7=CC(=O)OC7)CC[C@]65O)C4)OC3C)OC2C)CC(O)C1O. The van der Waals surface area contributed by atoms with Crippen molar-refractivity contribution in [3.63, 3.8) is 0 Å². The maximum absolute atomic E-state index is 12.6. The molecule has 6 N–H and O–H groups in total. The molecule has 0 aromatic heterocycles. The number of aliphatic hydroxyl groups excluding tert-OH is 5. The van der Waals surface area contributed by atoms with E-state index >= 15 is 0 Å². The van der Waals surface area contributed by atoms with Gasteiger partial charge in [0, 0.05) is 30.8 Å². The van der Waals surface area contributed by atoms with Gasteiger partial charge in [-0.25, -0.2) is 4.79 Å². The maximum atomic E-state index is 12.6. The van der Waals surface area contributed by atoms with Crippen molar-refractivity contribution in [3.8, 4) is 0 Å². The zero-order valence-electron chi connectivity index (χ0n) is 32.9. The Bertz CT molecular complexity index is 1410. The standard InChI is InChI=1S/C41H64O14/c1-19-36(47)28(42)15-34(50-19)54-38-21(3)52-35(17-30(38)44)55-37-20(2)51-33(16-29(37)43)53-24-8-10-39(4)23(13-24)6-7-26-27(39)14-31(45)40(5)25(9-11-41(26,40)48)22-12-32(46)49-18-22/h12,19-21,23-31,33-38,42-45,47-48H,6-11,13-18H2,1-5H3/t19?,20?,21?,23-,24+,25-,26-,27+,28?,29?,30?,31-,33?,34?,35?,36?,37?,38?,39+,40+,41+/m1/s1. The first-order valence-corrected chi connectivity index (χ1v) is 20.9. The third-order valence-corrected chi connectivity index (χ3v) is 16.0. The third-order valence-electron chi connectivity index (χ3n) is 16.0. The van der Waals surface area contributed by atoms with Crippen LogP contribution in [0.4, 0.5) is 0 Å². The fourth-order valence-corrected chi connectivity index (χ4v) is 12.8. The molecule has 4 aliphatic carbocycles. The summed E-state index contributed by atoms with van der Waals surface area (Å²) in [6, 6.07) is 0. The lowest BCUT2D eigenvalue weighted by atomic mass is 9.42. The van der Waals surface area contributed by atoms with E-state index in [4.69, 9.17) is 33.2 Å². The monoisotopic (exact) mass is 780 g/mol. The maximum Gasteiger partial charge on any atom is 0.331 e. The molecule has 12 unspecified atom stereocenters. The molecule has 7 fully saturated rings. The van der Waals surface area contributed by atoms with Crippen molar-refractivity contribution in [2.24, 2.45) is 34.5 Å². The topological polar surface area (TPSA) is 203 Å². The second-order valence-electron chi connectivity index (χ2n) is 18.8. The lowest BCUT2D eigenvalue weighted by Crippen LogP contribution is -2.67. The van der Waals surface area contributed by atoms with Gasteiger partial charge in [0.25, 0.3) is 0 Å². The number of cyclic esters (lactones) is 1. The molecule has 14 nitrogen and oxygen atoms in total. The average molecular weight is 781 g/mol.